The first-order valence-corrected chi connectivity index (χ1v) is 6.80. The molecule has 0 fully saturated rings. The van der Waals surface area contributed by atoms with Gasteiger partial charge in [-0.05, 0) is 47.1 Å². The molecule has 21 heavy (non-hydrogen) atoms. The van der Waals surface area contributed by atoms with Gasteiger partial charge in [0.25, 0.3) is 0 Å². The fourth-order valence-corrected chi connectivity index (χ4v) is 1.52. The van der Waals surface area contributed by atoms with E-state index in [2.05, 4.69) is 10.1 Å². The van der Waals surface area contributed by atoms with Crippen LogP contribution in [-0.4, -0.2) is 36.6 Å². The average Bonchev–Trinajstić information content (AvgIpc) is 2.30. The zero-order valence-corrected chi connectivity index (χ0v) is 13.6. The Morgan fingerprint density at radius 2 is 1.76 bits per heavy atom. The lowest BCUT2D eigenvalue weighted by Crippen LogP contribution is -2.44. The fourth-order valence-electron chi connectivity index (χ4n) is 1.52. The summed E-state index contributed by atoms with van der Waals surface area (Å²) in [6.45, 7) is 8.79. The molecule has 0 radical (unpaired) electrons. The van der Waals surface area contributed by atoms with Gasteiger partial charge in [0, 0.05) is 6.42 Å². The van der Waals surface area contributed by atoms with Crippen molar-refractivity contribution in [2.24, 2.45) is 0 Å². The maximum Gasteiger partial charge on any atom is 0.408 e. The van der Waals surface area contributed by atoms with E-state index < -0.39 is 23.7 Å². The Kier molecular flexibility index (Phi) is 7.70. The van der Waals surface area contributed by atoms with Gasteiger partial charge in [-0.1, -0.05) is 5.57 Å². The third-order valence-corrected chi connectivity index (χ3v) is 2.31. The largest absolute Gasteiger partial charge is 0.467 e. The van der Waals surface area contributed by atoms with E-state index in [0.717, 1.165) is 5.57 Å². The monoisotopic (exact) mass is 299 g/mol. The molecule has 1 amide bonds. The van der Waals surface area contributed by atoms with Crippen molar-refractivity contribution in [2.75, 3.05) is 7.11 Å². The SMILES string of the molecule is COC(=O)[C@@H](CCC(=O)C=C(C)C)NC(=O)OC(C)(C)C. The van der Waals surface area contributed by atoms with E-state index in [-0.39, 0.29) is 18.6 Å². The molecule has 0 unspecified atom stereocenters. The minimum atomic E-state index is -0.903. The number of alkyl carbamates (subject to hydrolysis) is 1. The maximum absolute atomic E-state index is 11.7. The second-order valence-corrected chi connectivity index (χ2v) is 5.95. The van der Waals surface area contributed by atoms with Gasteiger partial charge in [-0.2, -0.15) is 0 Å². The van der Waals surface area contributed by atoms with Gasteiger partial charge in [-0.25, -0.2) is 9.59 Å². The predicted molar refractivity (Wildman–Crippen MR) is 78.8 cm³/mol. The molecule has 6 nitrogen and oxygen atoms in total. The van der Waals surface area contributed by atoms with Gasteiger partial charge in [0.1, 0.15) is 11.6 Å². The number of hydrogen-bond acceptors (Lipinski definition) is 5. The molecule has 0 aliphatic carbocycles. The predicted octanol–water partition coefficient (Wildman–Crippen LogP) is 2.37. The highest BCUT2D eigenvalue weighted by molar-refractivity contribution is 5.91. The highest BCUT2D eigenvalue weighted by Gasteiger charge is 2.25. The Labute approximate surface area is 125 Å². The van der Waals surface area contributed by atoms with Crippen LogP contribution in [0.5, 0.6) is 0 Å². The molecule has 0 rings (SSSR count). The van der Waals surface area contributed by atoms with Gasteiger partial charge in [-0.15, -0.1) is 0 Å². The Balaban J connectivity index is 4.61. The summed E-state index contributed by atoms with van der Waals surface area (Å²) in [5, 5.41) is 2.42. The molecule has 0 aromatic carbocycles. The van der Waals surface area contributed by atoms with Crippen LogP contribution >= 0.6 is 0 Å². The number of nitrogens with one attached hydrogen (secondary N) is 1. The Hall–Kier alpha value is -1.85. The van der Waals surface area contributed by atoms with Crippen LogP contribution in [0.15, 0.2) is 11.6 Å². The summed E-state index contributed by atoms with van der Waals surface area (Å²) >= 11 is 0. The van der Waals surface area contributed by atoms with Crippen LogP contribution in [0, 0.1) is 0 Å². The highest BCUT2D eigenvalue weighted by atomic mass is 16.6. The minimum Gasteiger partial charge on any atom is -0.467 e. The van der Waals surface area contributed by atoms with Crippen molar-refractivity contribution >= 4 is 17.8 Å². The summed E-state index contributed by atoms with van der Waals surface area (Å²) in [4.78, 5) is 34.9. The van der Waals surface area contributed by atoms with Gasteiger partial charge in [0.05, 0.1) is 7.11 Å². The molecule has 6 heteroatoms. The number of rotatable bonds is 6. The van der Waals surface area contributed by atoms with Crippen LogP contribution < -0.4 is 5.32 Å². The standard InChI is InChI=1S/C15H25NO5/c1-10(2)9-11(17)7-8-12(13(18)20-6)16-14(19)21-15(3,4)5/h9,12H,7-8H2,1-6H3,(H,16,19)/t12-/m1/s1. The summed E-state index contributed by atoms with van der Waals surface area (Å²) in [7, 11) is 1.23. The van der Waals surface area contributed by atoms with Crippen LogP contribution in [-0.2, 0) is 19.1 Å². The molecule has 0 spiro atoms. The van der Waals surface area contributed by atoms with Crippen LogP contribution in [0.25, 0.3) is 0 Å². The number of carbonyl (C=O) groups excluding carboxylic acids is 3. The van der Waals surface area contributed by atoms with Crippen LogP contribution in [0.2, 0.25) is 0 Å². The maximum atomic E-state index is 11.7. The second-order valence-electron chi connectivity index (χ2n) is 5.95. The Morgan fingerprint density at radius 1 is 1.19 bits per heavy atom. The molecular weight excluding hydrogens is 274 g/mol. The number of carbonyl (C=O) groups is 3. The second kappa shape index (κ2) is 8.44. The number of methoxy groups -OCH3 is 1. The zero-order valence-electron chi connectivity index (χ0n) is 13.6. The first-order chi connectivity index (χ1) is 9.55. The quantitative estimate of drug-likeness (QED) is 0.601. The number of hydrogen-bond donors (Lipinski definition) is 1. The summed E-state index contributed by atoms with van der Waals surface area (Å²) in [6.07, 6.45) is 1.09. The lowest BCUT2D eigenvalue weighted by Gasteiger charge is -2.22. The molecule has 0 saturated heterocycles. The van der Waals surface area contributed by atoms with Crippen molar-refractivity contribution in [1.82, 2.24) is 5.32 Å². The van der Waals surface area contributed by atoms with Crippen molar-refractivity contribution in [3.05, 3.63) is 11.6 Å². The molecule has 120 valence electrons. The molecule has 0 aliphatic heterocycles. The molecule has 0 aromatic rings. The number of allylic oxidation sites excluding steroid dienone is 2. The number of esters is 1. The average molecular weight is 299 g/mol. The molecule has 0 aromatic heterocycles. The molecule has 0 bridgehead atoms. The Bertz CT molecular complexity index is 416. The van der Waals surface area contributed by atoms with Gasteiger partial charge < -0.3 is 14.8 Å². The summed E-state index contributed by atoms with van der Waals surface area (Å²) in [6, 6.07) is -0.903. The number of amides is 1. The van der Waals surface area contributed by atoms with Crippen LogP contribution in [0.3, 0.4) is 0 Å². The van der Waals surface area contributed by atoms with E-state index in [1.54, 1.807) is 20.8 Å². The number of ketones is 1. The molecular formula is C15H25NO5. The molecule has 0 aliphatic rings. The highest BCUT2D eigenvalue weighted by Crippen LogP contribution is 2.09. The van der Waals surface area contributed by atoms with Crippen molar-refractivity contribution < 1.29 is 23.9 Å². The summed E-state index contributed by atoms with van der Waals surface area (Å²) < 4.78 is 9.70. The smallest absolute Gasteiger partial charge is 0.408 e. The molecule has 0 saturated carbocycles. The lowest BCUT2D eigenvalue weighted by molar-refractivity contribution is -0.143. The first kappa shape index (κ1) is 19.1. The van der Waals surface area contributed by atoms with Gasteiger partial charge >= 0.3 is 12.1 Å². The third kappa shape index (κ3) is 9.65. The van der Waals surface area contributed by atoms with E-state index >= 15 is 0 Å². The van der Waals surface area contributed by atoms with Gasteiger partial charge in [-0.3, -0.25) is 4.79 Å². The van der Waals surface area contributed by atoms with E-state index in [1.807, 2.05) is 13.8 Å². The van der Waals surface area contributed by atoms with E-state index in [4.69, 9.17) is 4.74 Å². The lowest BCUT2D eigenvalue weighted by atomic mass is 10.1. The van der Waals surface area contributed by atoms with Gasteiger partial charge in [0.15, 0.2) is 5.78 Å². The first-order valence-electron chi connectivity index (χ1n) is 6.80. The Morgan fingerprint density at radius 3 is 2.19 bits per heavy atom. The van der Waals surface area contributed by atoms with Gasteiger partial charge in [0.2, 0.25) is 0 Å². The van der Waals surface area contributed by atoms with E-state index in [1.165, 1.54) is 13.2 Å². The summed E-state index contributed by atoms with van der Waals surface area (Å²) in [5.74, 6) is -0.708. The molecule has 1 N–H and O–H groups in total. The van der Waals surface area contributed by atoms with Crippen molar-refractivity contribution in [1.29, 1.82) is 0 Å². The number of ether oxygens (including phenoxy) is 2. The van der Waals surface area contributed by atoms with E-state index in [9.17, 15) is 14.4 Å². The normalized spacial score (nSPS) is 12.1. The van der Waals surface area contributed by atoms with Crippen molar-refractivity contribution in [3.8, 4) is 0 Å². The van der Waals surface area contributed by atoms with E-state index in [0.29, 0.717) is 0 Å². The third-order valence-electron chi connectivity index (χ3n) is 2.31. The topological polar surface area (TPSA) is 81.7 Å². The van der Waals surface area contributed by atoms with Crippen molar-refractivity contribution in [2.45, 2.75) is 59.1 Å². The van der Waals surface area contributed by atoms with Crippen molar-refractivity contribution in [3.63, 3.8) is 0 Å². The molecule has 0 heterocycles. The minimum absolute atomic E-state index is 0.102. The van der Waals surface area contributed by atoms with Crippen LogP contribution in [0.4, 0.5) is 4.79 Å². The zero-order chi connectivity index (χ0) is 16.6. The fraction of sp³-hybridized carbons (Fsp3) is 0.667. The van der Waals surface area contributed by atoms with Crippen LogP contribution in [0.1, 0.15) is 47.5 Å². The summed E-state index contributed by atoms with van der Waals surface area (Å²) in [5.41, 5.74) is 0.220. The molecule has 1 atom stereocenters.